The van der Waals surface area contributed by atoms with E-state index in [9.17, 15) is 5.11 Å². The highest BCUT2D eigenvalue weighted by Gasteiger charge is 2.14. The molecule has 37 heavy (non-hydrogen) atoms. The summed E-state index contributed by atoms with van der Waals surface area (Å²) in [4.78, 5) is 10.3. The summed E-state index contributed by atoms with van der Waals surface area (Å²) < 4.78 is 0. The summed E-state index contributed by atoms with van der Waals surface area (Å²) in [6.45, 7) is 4.63. The highest BCUT2D eigenvalue weighted by Crippen LogP contribution is 2.30. The van der Waals surface area contributed by atoms with E-state index < -0.39 is 0 Å². The largest absolute Gasteiger partial charge is 0.494 e. The molecule has 4 N–H and O–H groups in total. The Hall–Kier alpha value is -4.35. The van der Waals surface area contributed by atoms with Crippen LogP contribution in [0.25, 0.3) is 10.9 Å². The van der Waals surface area contributed by atoms with Gasteiger partial charge in [-0.15, -0.1) is 0 Å². The fraction of sp³-hybridized carbons (Fsp3) is 0.156. The number of nitrogens with one attached hydrogen (secondary N) is 1. The number of aromatic nitrogens is 1. The Labute approximate surface area is 217 Å². The molecular weight excluding hydrogens is 456 g/mol. The summed E-state index contributed by atoms with van der Waals surface area (Å²) in [5, 5.41) is 11.4. The fourth-order valence-electron chi connectivity index (χ4n) is 4.73. The van der Waals surface area contributed by atoms with Crippen molar-refractivity contribution in [2.24, 2.45) is 4.99 Å². The van der Waals surface area contributed by atoms with E-state index in [1.807, 2.05) is 37.3 Å². The molecule has 0 amide bonds. The van der Waals surface area contributed by atoms with Gasteiger partial charge in [0.05, 0.1) is 17.0 Å². The maximum atomic E-state index is 10.5. The number of fused-ring (bicyclic) bond motifs is 1. The molecule has 5 heteroatoms. The molecule has 0 bridgehead atoms. The van der Waals surface area contributed by atoms with Gasteiger partial charge in [0.2, 0.25) is 0 Å². The van der Waals surface area contributed by atoms with E-state index in [-0.39, 0.29) is 5.88 Å². The van der Waals surface area contributed by atoms with Crippen LogP contribution >= 0.6 is 0 Å². The van der Waals surface area contributed by atoms with Gasteiger partial charge in [-0.25, -0.2) is 0 Å². The second-order valence-corrected chi connectivity index (χ2v) is 9.45. The molecule has 5 nitrogen and oxygen atoms in total. The van der Waals surface area contributed by atoms with E-state index in [0.717, 1.165) is 48.4 Å². The van der Waals surface area contributed by atoms with Crippen LogP contribution in [0.2, 0.25) is 0 Å². The number of anilines is 1. The van der Waals surface area contributed by atoms with Gasteiger partial charge in [-0.3, -0.25) is 9.89 Å². The summed E-state index contributed by atoms with van der Waals surface area (Å²) >= 11 is 0. The highest BCUT2D eigenvalue weighted by molar-refractivity contribution is 6.13. The number of H-pyrrole nitrogens is 1. The summed E-state index contributed by atoms with van der Waals surface area (Å²) in [7, 11) is 0. The second kappa shape index (κ2) is 11.1. The number of aromatic amines is 1. The first-order valence-electron chi connectivity index (χ1n) is 12.6. The molecule has 0 saturated heterocycles. The number of aromatic hydroxyl groups is 1. The minimum absolute atomic E-state index is 0.105. The van der Waals surface area contributed by atoms with Crippen LogP contribution < -0.4 is 5.73 Å². The first kappa shape index (κ1) is 24.3. The lowest BCUT2D eigenvalue weighted by Gasteiger charge is -2.23. The van der Waals surface area contributed by atoms with E-state index in [1.165, 1.54) is 16.7 Å². The van der Waals surface area contributed by atoms with Crippen LogP contribution in [0.4, 0.5) is 11.4 Å². The molecule has 0 saturated carbocycles. The van der Waals surface area contributed by atoms with Crippen LogP contribution in [0.15, 0.2) is 108 Å². The molecule has 5 aromatic rings. The van der Waals surface area contributed by atoms with Crippen molar-refractivity contribution in [2.75, 3.05) is 12.3 Å². The molecule has 1 aromatic heterocycles. The molecule has 0 radical (unpaired) electrons. The first-order valence-corrected chi connectivity index (χ1v) is 12.6. The van der Waals surface area contributed by atoms with E-state index >= 15 is 0 Å². The van der Waals surface area contributed by atoms with Gasteiger partial charge in [-0.05, 0) is 60.4 Å². The van der Waals surface area contributed by atoms with Crippen molar-refractivity contribution in [3.05, 3.63) is 125 Å². The van der Waals surface area contributed by atoms with E-state index in [2.05, 4.69) is 82.7 Å². The molecule has 0 unspecified atom stereocenters. The number of hydrogen-bond donors (Lipinski definition) is 3. The van der Waals surface area contributed by atoms with Crippen molar-refractivity contribution < 1.29 is 5.11 Å². The zero-order valence-corrected chi connectivity index (χ0v) is 21.1. The lowest BCUT2D eigenvalue weighted by atomic mass is 10.1. The Morgan fingerprint density at radius 3 is 2.11 bits per heavy atom. The van der Waals surface area contributed by atoms with Gasteiger partial charge in [0.25, 0.3) is 0 Å². The van der Waals surface area contributed by atoms with E-state index in [0.29, 0.717) is 11.3 Å². The molecule has 4 aromatic carbocycles. The lowest BCUT2D eigenvalue weighted by Crippen LogP contribution is -2.25. The molecular formula is C32H32N4O. The average Bonchev–Trinajstić information content (AvgIpc) is 3.24. The molecule has 186 valence electrons. The van der Waals surface area contributed by atoms with Crippen molar-refractivity contribution in [3.63, 3.8) is 0 Å². The third kappa shape index (κ3) is 6.08. The van der Waals surface area contributed by atoms with Gasteiger partial charge in [-0.2, -0.15) is 0 Å². The lowest BCUT2D eigenvalue weighted by molar-refractivity contribution is 0.260. The quantitative estimate of drug-likeness (QED) is 0.157. The molecule has 0 spiro atoms. The number of benzene rings is 4. The number of hydrogen-bond acceptors (Lipinski definition) is 4. The number of nitrogens with two attached hydrogens (primary N) is 1. The van der Waals surface area contributed by atoms with Crippen molar-refractivity contribution in [3.8, 4) is 5.88 Å². The maximum absolute atomic E-state index is 10.5. The second-order valence-electron chi connectivity index (χ2n) is 9.45. The molecule has 1 heterocycles. The van der Waals surface area contributed by atoms with Gasteiger partial charge in [0, 0.05) is 36.2 Å². The van der Waals surface area contributed by atoms with Crippen molar-refractivity contribution in [1.82, 2.24) is 9.88 Å². The van der Waals surface area contributed by atoms with Crippen LogP contribution in [0.5, 0.6) is 5.88 Å². The fourth-order valence-corrected chi connectivity index (χ4v) is 4.73. The SMILES string of the molecule is CC(=Nc1ccc(CN(CCc2ccccc2)Cc2ccccc2)cc1)c1c(O)[nH]c2ccc(N)cc12. The maximum Gasteiger partial charge on any atom is 0.198 e. The summed E-state index contributed by atoms with van der Waals surface area (Å²) in [5.74, 6) is 0.105. The topological polar surface area (TPSA) is 77.6 Å². The third-order valence-electron chi connectivity index (χ3n) is 6.61. The summed E-state index contributed by atoms with van der Waals surface area (Å²) in [6.07, 6.45) is 1.01. The molecule has 0 aliphatic heterocycles. The Morgan fingerprint density at radius 1 is 0.811 bits per heavy atom. The van der Waals surface area contributed by atoms with Crippen molar-refractivity contribution in [1.29, 1.82) is 0 Å². The van der Waals surface area contributed by atoms with Gasteiger partial charge < -0.3 is 15.8 Å². The number of nitrogen functional groups attached to an aromatic ring is 1. The zero-order valence-electron chi connectivity index (χ0n) is 21.1. The Morgan fingerprint density at radius 2 is 1.43 bits per heavy atom. The van der Waals surface area contributed by atoms with Gasteiger partial charge in [0.15, 0.2) is 5.88 Å². The summed E-state index contributed by atoms with van der Waals surface area (Å²) in [6, 6.07) is 35.2. The normalized spacial score (nSPS) is 11.9. The standard InChI is InChI=1S/C32H32N4O/c1-23(31-29-20-27(33)14-17-30(29)35-32(31)37)34-28-15-12-26(13-16-28)22-36(21-25-10-6-3-7-11-25)19-18-24-8-4-2-5-9-24/h2-17,20,35,37H,18-19,21-22,33H2,1H3. The van der Waals surface area contributed by atoms with Crippen LogP contribution in [0.3, 0.4) is 0 Å². The van der Waals surface area contributed by atoms with Crippen molar-refractivity contribution in [2.45, 2.75) is 26.4 Å². The minimum Gasteiger partial charge on any atom is -0.494 e. The molecule has 0 atom stereocenters. The monoisotopic (exact) mass is 488 g/mol. The zero-order chi connectivity index (χ0) is 25.6. The Bertz CT molecular complexity index is 1490. The predicted molar refractivity (Wildman–Crippen MR) is 153 cm³/mol. The highest BCUT2D eigenvalue weighted by atomic mass is 16.3. The third-order valence-corrected chi connectivity index (χ3v) is 6.61. The minimum atomic E-state index is 0.105. The molecule has 0 aliphatic carbocycles. The van der Waals surface area contributed by atoms with Crippen LogP contribution in [-0.4, -0.2) is 27.2 Å². The van der Waals surface area contributed by atoms with Gasteiger partial charge in [0.1, 0.15) is 0 Å². The Balaban J connectivity index is 1.32. The van der Waals surface area contributed by atoms with Crippen molar-refractivity contribution >= 4 is 28.0 Å². The van der Waals surface area contributed by atoms with E-state index in [1.54, 1.807) is 0 Å². The average molecular weight is 489 g/mol. The van der Waals surface area contributed by atoms with Crippen LogP contribution in [0.1, 0.15) is 29.2 Å². The molecule has 0 fully saturated rings. The van der Waals surface area contributed by atoms with Gasteiger partial charge in [-0.1, -0.05) is 72.8 Å². The molecule has 0 aliphatic rings. The predicted octanol–water partition coefficient (Wildman–Crippen LogP) is 6.84. The van der Waals surface area contributed by atoms with Crippen LogP contribution in [-0.2, 0) is 19.5 Å². The summed E-state index contributed by atoms with van der Waals surface area (Å²) in [5.41, 5.74) is 13.6. The molecule has 5 rings (SSSR count). The van der Waals surface area contributed by atoms with Crippen LogP contribution in [0, 0.1) is 0 Å². The Kier molecular flexibility index (Phi) is 7.33. The number of nitrogens with zero attached hydrogens (tertiary/aromatic N) is 2. The first-order chi connectivity index (χ1) is 18.0. The van der Waals surface area contributed by atoms with E-state index in [4.69, 9.17) is 10.7 Å². The number of rotatable bonds is 9. The number of aliphatic imine (C=N–C) groups is 1. The van der Waals surface area contributed by atoms with Gasteiger partial charge >= 0.3 is 0 Å². The smallest absolute Gasteiger partial charge is 0.198 e.